The normalized spacial score (nSPS) is 13.1. The molecule has 0 saturated carbocycles. The quantitative estimate of drug-likeness (QED) is 0.896. The molecule has 1 heterocycles. The van der Waals surface area contributed by atoms with Gasteiger partial charge in [-0.2, -0.15) is 0 Å². The van der Waals surface area contributed by atoms with Crippen molar-refractivity contribution < 1.29 is 14.3 Å². The fourth-order valence-electron chi connectivity index (χ4n) is 2.03. The second-order valence-corrected chi connectivity index (χ2v) is 4.90. The molecule has 19 heavy (non-hydrogen) atoms. The maximum Gasteiger partial charge on any atom is 0.304 e. The van der Waals surface area contributed by atoms with Crippen LogP contribution in [0.25, 0.3) is 11.1 Å². The molecule has 0 bridgehead atoms. The molecule has 102 valence electrons. The molecule has 5 nitrogen and oxygen atoms in total. The Bertz CT molecular complexity index is 591. The van der Waals surface area contributed by atoms with Crippen LogP contribution in [0.4, 0.5) is 0 Å². The Hall–Kier alpha value is -1.88. The summed E-state index contributed by atoms with van der Waals surface area (Å²) in [6.45, 7) is 4.41. The number of aromatic nitrogens is 1. The summed E-state index contributed by atoms with van der Waals surface area (Å²) >= 11 is 0. The molecule has 0 spiro atoms. The van der Waals surface area contributed by atoms with Crippen molar-refractivity contribution in [1.29, 1.82) is 0 Å². The first-order chi connectivity index (χ1) is 8.95. The molecule has 1 N–H and O–H groups in total. The minimum atomic E-state index is -0.777. The van der Waals surface area contributed by atoms with Crippen molar-refractivity contribution in [3.8, 4) is 0 Å². The second kappa shape index (κ2) is 5.40. The summed E-state index contributed by atoms with van der Waals surface area (Å²) in [5.41, 5.74) is 2.71. The summed E-state index contributed by atoms with van der Waals surface area (Å²) in [6.07, 6.45) is 0.139. The molecule has 0 saturated heterocycles. The van der Waals surface area contributed by atoms with Crippen LogP contribution in [0, 0.1) is 6.92 Å². The van der Waals surface area contributed by atoms with Gasteiger partial charge in [0.05, 0.1) is 6.42 Å². The monoisotopic (exact) mass is 262 g/mol. The number of hydrogen-bond donors (Lipinski definition) is 1. The zero-order valence-corrected chi connectivity index (χ0v) is 11.4. The van der Waals surface area contributed by atoms with Gasteiger partial charge in [-0.1, -0.05) is 6.07 Å². The Morgan fingerprint density at radius 2 is 2.26 bits per heavy atom. The van der Waals surface area contributed by atoms with Crippen molar-refractivity contribution in [1.82, 2.24) is 9.88 Å². The third kappa shape index (κ3) is 3.32. The number of carboxylic acids is 1. The fraction of sp³-hybridized carbons (Fsp3) is 0.429. The number of carbonyl (C=O) groups is 1. The van der Waals surface area contributed by atoms with Gasteiger partial charge in [-0.15, -0.1) is 0 Å². The van der Waals surface area contributed by atoms with E-state index in [1.165, 1.54) is 0 Å². The number of hydrogen-bond acceptors (Lipinski definition) is 4. The van der Waals surface area contributed by atoms with Gasteiger partial charge in [0, 0.05) is 19.5 Å². The summed E-state index contributed by atoms with van der Waals surface area (Å²) in [7, 11) is 1.92. The van der Waals surface area contributed by atoms with Crippen molar-refractivity contribution in [2.45, 2.75) is 32.9 Å². The third-order valence-electron chi connectivity index (χ3n) is 3.21. The maximum absolute atomic E-state index is 10.7. The SMILES string of the molecule is Cc1nc2ccc(CN(C)C(C)CC(=O)O)cc2o1. The lowest BCUT2D eigenvalue weighted by molar-refractivity contribution is -0.138. The second-order valence-electron chi connectivity index (χ2n) is 4.90. The lowest BCUT2D eigenvalue weighted by atomic mass is 10.1. The van der Waals surface area contributed by atoms with Crippen LogP contribution in [0.3, 0.4) is 0 Å². The molecule has 1 aromatic carbocycles. The Labute approximate surface area is 111 Å². The first kappa shape index (κ1) is 13.5. The Kier molecular flexibility index (Phi) is 3.85. The molecule has 1 aromatic heterocycles. The van der Waals surface area contributed by atoms with E-state index in [4.69, 9.17) is 9.52 Å². The van der Waals surface area contributed by atoms with Gasteiger partial charge < -0.3 is 9.52 Å². The molecule has 1 unspecified atom stereocenters. The number of rotatable bonds is 5. The average molecular weight is 262 g/mol. The highest BCUT2D eigenvalue weighted by molar-refractivity contribution is 5.73. The number of fused-ring (bicyclic) bond motifs is 1. The van der Waals surface area contributed by atoms with E-state index in [9.17, 15) is 4.79 Å². The van der Waals surface area contributed by atoms with E-state index in [1.54, 1.807) is 0 Å². The molecule has 0 aliphatic carbocycles. The van der Waals surface area contributed by atoms with Crippen molar-refractivity contribution in [2.75, 3.05) is 7.05 Å². The van der Waals surface area contributed by atoms with Crippen LogP contribution >= 0.6 is 0 Å². The van der Waals surface area contributed by atoms with Crippen LogP contribution in [0.5, 0.6) is 0 Å². The number of nitrogens with zero attached hydrogens (tertiary/aromatic N) is 2. The number of carboxylic acid groups (broad SMARTS) is 1. The van der Waals surface area contributed by atoms with Crippen LogP contribution in [0.15, 0.2) is 22.6 Å². The van der Waals surface area contributed by atoms with Crippen molar-refractivity contribution >= 4 is 17.1 Å². The van der Waals surface area contributed by atoms with Gasteiger partial charge in [0.25, 0.3) is 0 Å². The standard InChI is InChI=1S/C14H18N2O3/c1-9(6-14(17)18)16(3)8-11-4-5-12-13(7-11)19-10(2)15-12/h4-5,7,9H,6,8H2,1-3H3,(H,17,18). The number of aliphatic carboxylic acids is 1. The molecule has 5 heteroatoms. The van der Waals surface area contributed by atoms with E-state index in [0.717, 1.165) is 16.7 Å². The molecular formula is C14H18N2O3. The molecule has 0 aliphatic rings. The molecule has 0 fully saturated rings. The zero-order chi connectivity index (χ0) is 14.0. The third-order valence-corrected chi connectivity index (χ3v) is 3.21. The number of oxazole rings is 1. The first-order valence-electron chi connectivity index (χ1n) is 6.24. The van der Waals surface area contributed by atoms with E-state index < -0.39 is 5.97 Å². The van der Waals surface area contributed by atoms with Crippen molar-refractivity contribution in [3.63, 3.8) is 0 Å². The van der Waals surface area contributed by atoms with Crippen LogP contribution in [0.2, 0.25) is 0 Å². The van der Waals surface area contributed by atoms with Gasteiger partial charge in [0.15, 0.2) is 11.5 Å². The molecular weight excluding hydrogens is 244 g/mol. The van der Waals surface area contributed by atoms with Gasteiger partial charge in [-0.05, 0) is 31.7 Å². The topological polar surface area (TPSA) is 66.6 Å². The predicted molar refractivity (Wildman–Crippen MR) is 71.9 cm³/mol. The van der Waals surface area contributed by atoms with E-state index in [2.05, 4.69) is 4.98 Å². The van der Waals surface area contributed by atoms with Gasteiger partial charge in [-0.3, -0.25) is 9.69 Å². The Balaban J connectivity index is 2.09. The first-order valence-corrected chi connectivity index (χ1v) is 6.24. The highest BCUT2D eigenvalue weighted by atomic mass is 16.4. The lowest BCUT2D eigenvalue weighted by Crippen LogP contribution is -2.30. The maximum atomic E-state index is 10.7. The highest BCUT2D eigenvalue weighted by Gasteiger charge is 2.14. The Morgan fingerprint density at radius 3 is 2.95 bits per heavy atom. The van der Waals surface area contributed by atoms with Crippen molar-refractivity contribution in [2.24, 2.45) is 0 Å². The van der Waals surface area contributed by atoms with E-state index in [1.807, 2.05) is 44.0 Å². The lowest BCUT2D eigenvalue weighted by Gasteiger charge is -2.23. The minimum absolute atomic E-state index is 0.00957. The summed E-state index contributed by atoms with van der Waals surface area (Å²) in [5, 5.41) is 8.79. The summed E-state index contributed by atoms with van der Waals surface area (Å²) < 4.78 is 5.49. The Morgan fingerprint density at radius 1 is 1.53 bits per heavy atom. The summed E-state index contributed by atoms with van der Waals surface area (Å²) in [6, 6.07) is 5.87. The van der Waals surface area contributed by atoms with Crippen LogP contribution < -0.4 is 0 Å². The average Bonchev–Trinajstić information content (AvgIpc) is 2.67. The molecule has 2 aromatic rings. The van der Waals surface area contributed by atoms with E-state index >= 15 is 0 Å². The van der Waals surface area contributed by atoms with Gasteiger partial charge in [0.1, 0.15) is 5.52 Å². The van der Waals surface area contributed by atoms with E-state index in [0.29, 0.717) is 12.4 Å². The van der Waals surface area contributed by atoms with Gasteiger partial charge >= 0.3 is 5.97 Å². The smallest absolute Gasteiger partial charge is 0.304 e. The van der Waals surface area contributed by atoms with Crippen LogP contribution in [-0.2, 0) is 11.3 Å². The van der Waals surface area contributed by atoms with Gasteiger partial charge in [0.2, 0.25) is 0 Å². The minimum Gasteiger partial charge on any atom is -0.481 e. The molecule has 0 radical (unpaired) electrons. The van der Waals surface area contributed by atoms with Crippen LogP contribution in [0.1, 0.15) is 24.8 Å². The number of benzene rings is 1. The molecule has 2 rings (SSSR count). The van der Waals surface area contributed by atoms with Crippen LogP contribution in [-0.4, -0.2) is 34.0 Å². The fourth-order valence-corrected chi connectivity index (χ4v) is 2.03. The predicted octanol–water partition coefficient (Wildman–Crippen LogP) is 2.43. The zero-order valence-electron chi connectivity index (χ0n) is 11.4. The molecule has 1 atom stereocenters. The highest BCUT2D eigenvalue weighted by Crippen LogP contribution is 2.18. The summed E-state index contributed by atoms with van der Waals surface area (Å²) in [5.74, 6) is -0.125. The largest absolute Gasteiger partial charge is 0.481 e. The molecule has 0 amide bonds. The van der Waals surface area contributed by atoms with Crippen molar-refractivity contribution in [3.05, 3.63) is 29.7 Å². The summed E-state index contributed by atoms with van der Waals surface area (Å²) in [4.78, 5) is 17.0. The molecule has 0 aliphatic heterocycles. The van der Waals surface area contributed by atoms with Gasteiger partial charge in [-0.25, -0.2) is 4.98 Å². The number of aryl methyl sites for hydroxylation is 1. The van der Waals surface area contributed by atoms with E-state index in [-0.39, 0.29) is 12.5 Å².